The SMILES string of the molecule is CNC(=O)N1CCc2c(c(N3CCCc4cc(-c5cnn(CC(=O)NCCOCCOCCOCCOCCNc6cccc7c6C(=O)N(C6CCC(=O)NC6=O)C7=O)c5)c(C(F)F)cc43)nn2C2CCOCC2)C1. The van der Waals surface area contributed by atoms with Crippen LogP contribution in [0.3, 0.4) is 0 Å². The van der Waals surface area contributed by atoms with Crippen LogP contribution in [-0.2, 0) is 64.0 Å². The standard InChI is InChI=1S/C51H63F2N11O11/c1-54-51(70)60-15-9-40-38(30-60)47(59-64(40)34-10-16-71-17-11-34)62-14-3-4-32-26-36(37(46(52)53)27-42(32)62)33-28-57-61(29-33)31-44(66)56-13-19-73-21-23-75-25-24-74-22-20-72-18-12-55-39-6-2-5-35-45(39)50(69)63(49(35)68)41-7-8-43(65)58-48(41)67/h2,5-6,26-29,34,41,46,55H,3-4,7-25,30-31H2,1H3,(H,54,70)(H,56,66)(H,58,65,67). The van der Waals surface area contributed by atoms with Crippen LogP contribution in [0.4, 0.5) is 30.8 Å². The summed E-state index contributed by atoms with van der Waals surface area (Å²) in [5, 5.41) is 20.4. The molecule has 7 amide bonds. The third kappa shape index (κ3) is 12.1. The summed E-state index contributed by atoms with van der Waals surface area (Å²) in [7, 11) is 1.61. The zero-order chi connectivity index (χ0) is 52.4. The highest BCUT2D eigenvalue weighted by atomic mass is 19.3. The summed E-state index contributed by atoms with van der Waals surface area (Å²) in [6, 6.07) is 7.18. The first kappa shape index (κ1) is 53.0. The molecular formula is C51H63F2N11O11. The molecule has 402 valence electrons. The molecule has 7 heterocycles. The average molecular weight is 1040 g/mol. The number of nitrogens with zero attached hydrogens (tertiary/aromatic N) is 7. The Labute approximate surface area is 431 Å². The smallest absolute Gasteiger partial charge is 0.317 e. The number of hydrogen-bond acceptors (Lipinski definition) is 15. The first-order valence-electron chi connectivity index (χ1n) is 25.6. The van der Waals surface area contributed by atoms with Gasteiger partial charge in [0, 0.05) is 99.2 Å². The minimum absolute atomic E-state index is 0.0430. The minimum atomic E-state index is -2.79. The Hall–Kier alpha value is -6.86. The Morgan fingerprint density at radius 1 is 0.867 bits per heavy atom. The van der Waals surface area contributed by atoms with Gasteiger partial charge in [0.25, 0.3) is 18.2 Å². The number of carbonyl (C=O) groups is 6. The number of hydrogen-bond donors (Lipinski definition) is 4. The normalized spacial score (nSPS) is 17.8. The fourth-order valence-electron chi connectivity index (χ4n) is 10.2. The van der Waals surface area contributed by atoms with Gasteiger partial charge >= 0.3 is 6.03 Å². The summed E-state index contributed by atoms with van der Waals surface area (Å²) >= 11 is 0. The molecule has 0 aliphatic carbocycles. The van der Waals surface area contributed by atoms with Crippen molar-refractivity contribution in [2.24, 2.45) is 0 Å². The number of urea groups is 1. The molecule has 0 bridgehead atoms. The molecular weight excluding hydrogens is 981 g/mol. The highest BCUT2D eigenvalue weighted by molar-refractivity contribution is 6.25. The Kier molecular flexibility index (Phi) is 17.4. The molecule has 1 atom stereocenters. The summed E-state index contributed by atoms with van der Waals surface area (Å²) in [5.74, 6) is -1.88. The molecule has 5 aliphatic rings. The van der Waals surface area contributed by atoms with E-state index in [0.29, 0.717) is 127 Å². The van der Waals surface area contributed by atoms with Crippen molar-refractivity contribution in [1.29, 1.82) is 0 Å². The van der Waals surface area contributed by atoms with E-state index in [1.54, 1.807) is 36.3 Å². The van der Waals surface area contributed by atoms with Crippen LogP contribution in [0.2, 0.25) is 0 Å². The molecule has 4 aromatic rings. The number of fused-ring (bicyclic) bond motifs is 3. The molecule has 24 heteroatoms. The molecule has 1 unspecified atom stereocenters. The Bertz CT molecular complexity index is 2740. The van der Waals surface area contributed by atoms with Crippen LogP contribution in [0.1, 0.15) is 87.7 Å². The van der Waals surface area contributed by atoms with Crippen LogP contribution < -0.4 is 26.2 Å². The van der Waals surface area contributed by atoms with Gasteiger partial charge in [-0.15, -0.1) is 0 Å². The van der Waals surface area contributed by atoms with Crippen LogP contribution in [0.15, 0.2) is 42.7 Å². The second-order valence-corrected chi connectivity index (χ2v) is 18.7. The number of halogens is 2. The van der Waals surface area contributed by atoms with Gasteiger partial charge in [0.1, 0.15) is 12.6 Å². The summed E-state index contributed by atoms with van der Waals surface area (Å²) in [6.07, 6.45) is 4.19. The van der Waals surface area contributed by atoms with Gasteiger partial charge in [-0.05, 0) is 67.5 Å². The number of benzene rings is 2. The van der Waals surface area contributed by atoms with Crippen molar-refractivity contribution in [3.05, 3.63) is 76.2 Å². The van der Waals surface area contributed by atoms with Gasteiger partial charge in [-0.2, -0.15) is 10.2 Å². The van der Waals surface area contributed by atoms with Crippen molar-refractivity contribution in [2.75, 3.05) is 110 Å². The van der Waals surface area contributed by atoms with Crippen molar-refractivity contribution < 1.29 is 61.2 Å². The van der Waals surface area contributed by atoms with E-state index in [2.05, 4.69) is 31.0 Å². The molecule has 5 aliphatic heterocycles. The largest absolute Gasteiger partial charge is 0.382 e. The lowest BCUT2D eigenvalue weighted by molar-refractivity contribution is -0.136. The molecule has 0 saturated carbocycles. The van der Waals surface area contributed by atoms with Crippen LogP contribution in [0, 0.1) is 0 Å². The number of nitrogens with one attached hydrogen (secondary N) is 4. The lowest BCUT2D eigenvalue weighted by Crippen LogP contribution is -2.54. The maximum Gasteiger partial charge on any atom is 0.317 e. The number of amides is 7. The molecule has 4 N–H and O–H groups in total. The van der Waals surface area contributed by atoms with Crippen molar-refractivity contribution in [3.63, 3.8) is 0 Å². The van der Waals surface area contributed by atoms with Crippen LogP contribution in [0.25, 0.3) is 11.1 Å². The molecule has 2 aromatic carbocycles. The molecule has 2 fully saturated rings. The molecule has 22 nitrogen and oxygen atoms in total. The number of imide groups is 2. The van der Waals surface area contributed by atoms with Crippen molar-refractivity contribution in [2.45, 2.75) is 76.5 Å². The number of rotatable bonds is 23. The first-order chi connectivity index (χ1) is 36.5. The van der Waals surface area contributed by atoms with Crippen LogP contribution >= 0.6 is 0 Å². The minimum Gasteiger partial charge on any atom is -0.382 e. The van der Waals surface area contributed by atoms with Crippen LogP contribution in [0.5, 0.6) is 0 Å². The number of aryl methyl sites for hydroxylation is 1. The Morgan fingerprint density at radius 3 is 2.32 bits per heavy atom. The zero-order valence-electron chi connectivity index (χ0n) is 41.9. The molecule has 75 heavy (non-hydrogen) atoms. The number of ether oxygens (including phenoxy) is 5. The number of piperidine rings is 1. The third-order valence-corrected chi connectivity index (χ3v) is 13.9. The Balaban J connectivity index is 0.659. The summed E-state index contributed by atoms with van der Waals surface area (Å²) in [4.78, 5) is 80.6. The van der Waals surface area contributed by atoms with E-state index in [-0.39, 0.29) is 67.2 Å². The molecule has 9 rings (SSSR count). The van der Waals surface area contributed by atoms with E-state index in [1.807, 2.05) is 11.0 Å². The third-order valence-electron chi connectivity index (χ3n) is 13.9. The van der Waals surface area contributed by atoms with Gasteiger partial charge in [-0.3, -0.25) is 43.6 Å². The van der Waals surface area contributed by atoms with Gasteiger partial charge in [-0.25, -0.2) is 13.6 Å². The number of anilines is 3. The predicted octanol–water partition coefficient (Wildman–Crippen LogP) is 3.51. The average Bonchev–Trinajstić information content (AvgIpc) is 4.12. The van der Waals surface area contributed by atoms with Crippen molar-refractivity contribution in [3.8, 4) is 11.1 Å². The first-order valence-corrected chi connectivity index (χ1v) is 25.6. The highest BCUT2D eigenvalue weighted by Crippen LogP contribution is 2.44. The Morgan fingerprint density at radius 2 is 1.60 bits per heavy atom. The second kappa shape index (κ2) is 24.7. The lowest BCUT2D eigenvalue weighted by atomic mass is 9.92. The number of carbonyl (C=O) groups excluding carboxylic acids is 6. The monoisotopic (exact) mass is 1040 g/mol. The van der Waals surface area contributed by atoms with E-state index in [4.69, 9.17) is 28.8 Å². The van der Waals surface area contributed by atoms with E-state index < -0.39 is 36.1 Å². The van der Waals surface area contributed by atoms with Gasteiger partial charge in [-0.1, -0.05) is 6.07 Å². The quantitative estimate of drug-likeness (QED) is 0.0614. The molecule has 0 radical (unpaired) electrons. The van der Waals surface area contributed by atoms with Gasteiger partial charge < -0.3 is 49.4 Å². The van der Waals surface area contributed by atoms with E-state index in [0.717, 1.165) is 41.0 Å². The summed E-state index contributed by atoms with van der Waals surface area (Å²) in [5.41, 5.74) is 5.11. The maximum atomic E-state index is 15.0. The maximum absolute atomic E-state index is 15.0. The molecule has 2 saturated heterocycles. The van der Waals surface area contributed by atoms with Crippen LogP contribution in [-0.4, -0.2) is 170 Å². The fourth-order valence-corrected chi connectivity index (χ4v) is 10.2. The lowest BCUT2D eigenvalue weighted by Gasteiger charge is -2.33. The van der Waals surface area contributed by atoms with E-state index in [1.165, 1.54) is 16.9 Å². The van der Waals surface area contributed by atoms with Gasteiger partial charge in [0.05, 0.1) is 82.8 Å². The number of alkyl halides is 2. The summed E-state index contributed by atoms with van der Waals surface area (Å²) < 4.78 is 61.5. The predicted molar refractivity (Wildman–Crippen MR) is 266 cm³/mol. The zero-order valence-corrected chi connectivity index (χ0v) is 41.9. The van der Waals surface area contributed by atoms with E-state index >= 15 is 0 Å². The molecule has 0 spiro atoms. The second-order valence-electron chi connectivity index (χ2n) is 18.7. The number of aromatic nitrogens is 4. The van der Waals surface area contributed by atoms with E-state index in [9.17, 15) is 37.5 Å². The topological polar surface area (TPSA) is 242 Å². The summed E-state index contributed by atoms with van der Waals surface area (Å²) in [6.45, 7) is 5.75. The highest BCUT2D eigenvalue weighted by Gasteiger charge is 2.46. The van der Waals surface area contributed by atoms with Crippen molar-refractivity contribution in [1.82, 2.24) is 45.3 Å². The van der Waals surface area contributed by atoms with Gasteiger partial charge in [0.2, 0.25) is 17.7 Å². The fraction of sp³-hybridized carbons (Fsp3) is 0.529. The molecule has 2 aromatic heterocycles. The van der Waals surface area contributed by atoms with Gasteiger partial charge in [0.15, 0.2) is 5.82 Å². The van der Waals surface area contributed by atoms with Crippen molar-refractivity contribution >= 4 is 52.8 Å².